The van der Waals surface area contributed by atoms with Crippen molar-refractivity contribution in [3.05, 3.63) is 113 Å². The molecule has 0 fully saturated rings. The number of halogens is 1. The van der Waals surface area contributed by atoms with Crippen LogP contribution in [-0.2, 0) is 14.9 Å². The molecule has 2 aromatic heterocycles. The monoisotopic (exact) mass is 917 g/mol. The van der Waals surface area contributed by atoms with Gasteiger partial charge in [0.05, 0.1) is 51.5 Å². The van der Waals surface area contributed by atoms with Crippen molar-refractivity contribution in [3.8, 4) is 29.3 Å². The van der Waals surface area contributed by atoms with Crippen LogP contribution < -0.4 is 20.9 Å². The SMILES string of the molecule is CC(=O)Nc1cc(N(CCC#N)CCCCS(=O)(=O)O)ccc1N=Nc1c(C#N)c(-c2ccccc2Cl)nn1-c1nc(Nc2ccccc2C(=O)O)nc(Nc2ccccc2C(=O)O)n1. The van der Waals surface area contributed by atoms with E-state index in [1.807, 2.05) is 0 Å². The number of carbonyl (C=O) groups is 3. The van der Waals surface area contributed by atoms with E-state index < -0.39 is 33.7 Å². The number of hydrogen-bond donors (Lipinski definition) is 6. The lowest BCUT2D eigenvalue weighted by atomic mass is 10.1. The topological polar surface area (TPSA) is 314 Å². The zero-order valence-electron chi connectivity index (χ0n) is 34.0. The van der Waals surface area contributed by atoms with Gasteiger partial charge in [-0.05, 0) is 61.4 Å². The van der Waals surface area contributed by atoms with Crippen molar-refractivity contribution < 1.29 is 37.6 Å². The third-order valence-corrected chi connectivity index (χ3v) is 10.3. The van der Waals surface area contributed by atoms with Gasteiger partial charge in [0.15, 0.2) is 5.82 Å². The molecule has 0 aliphatic heterocycles. The lowest BCUT2D eigenvalue weighted by molar-refractivity contribution is -0.114. The summed E-state index contributed by atoms with van der Waals surface area (Å²) in [7, 11) is -4.17. The molecule has 0 aliphatic carbocycles. The minimum Gasteiger partial charge on any atom is -0.478 e. The molecule has 0 aliphatic rings. The number of anilines is 6. The maximum atomic E-state index is 12.5. The standard InChI is InChI=1S/C42H36ClN13O8S/c1-25(57)46-35-23-26(55(21-10-19-44)20-8-9-22-65(62,63)64)17-18-34(35)52-53-37-30(24-45)36(27-11-2-5-14-31(27)43)54-56(37)42-50-40(47-32-15-6-3-12-28(32)38(58)59)49-41(51-42)48-33-16-7-4-13-29(33)39(60)61/h2-7,11-18,23H,8-10,20-22H2,1H3,(H,46,57)(H,58,59)(H,60,61)(H,62,63,64)(H2,47,48,49,50,51). The minimum absolute atomic E-state index is 0.0310. The summed E-state index contributed by atoms with van der Waals surface area (Å²) in [6.07, 6.45) is 0.619. The molecule has 0 radical (unpaired) electrons. The van der Waals surface area contributed by atoms with E-state index in [-0.39, 0.29) is 93.2 Å². The van der Waals surface area contributed by atoms with Gasteiger partial charge in [0.1, 0.15) is 23.0 Å². The van der Waals surface area contributed by atoms with Gasteiger partial charge in [-0.3, -0.25) is 9.35 Å². The molecule has 330 valence electrons. The summed E-state index contributed by atoms with van der Waals surface area (Å²) in [5, 5.41) is 62.0. The molecular formula is C42H36ClN13O8S. The van der Waals surface area contributed by atoms with Crippen molar-refractivity contribution in [2.24, 2.45) is 10.2 Å². The number of carboxylic acids is 2. The Bertz CT molecular complexity index is 2940. The zero-order chi connectivity index (χ0) is 46.7. The molecule has 0 atom stereocenters. The number of para-hydroxylation sites is 2. The minimum atomic E-state index is -4.17. The zero-order valence-corrected chi connectivity index (χ0v) is 35.6. The van der Waals surface area contributed by atoms with Crippen LogP contribution in [0.4, 0.5) is 46.2 Å². The highest BCUT2D eigenvalue weighted by molar-refractivity contribution is 7.85. The van der Waals surface area contributed by atoms with Gasteiger partial charge in [-0.2, -0.15) is 43.7 Å². The Morgan fingerprint density at radius 2 is 1.43 bits per heavy atom. The summed E-state index contributed by atoms with van der Waals surface area (Å²) >= 11 is 6.61. The number of aromatic nitrogens is 5. The molecule has 0 bridgehead atoms. The van der Waals surface area contributed by atoms with Crippen molar-refractivity contribution in [3.63, 3.8) is 0 Å². The Kier molecular flexibility index (Phi) is 14.7. The number of rotatable bonds is 19. The number of nitrogens with one attached hydrogen (secondary N) is 3. The Balaban J connectivity index is 1.52. The number of unbranched alkanes of at least 4 members (excludes halogenated alkanes) is 1. The molecule has 65 heavy (non-hydrogen) atoms. The molecule has 0 saturated heterocycles. The largest absolute Gasteiger partial charge is 0.478 e. The van der Waals surface area contributed by atoms with Crippen molar-refractivity contribution in [2.45, 2.75) is 26.2 Å². The molecule has 6 N–H and O–H groups in total. The lowest BCUT2D eigenvalue weighted by Gasteiger charge is -2.24. The van der Waals surface area contributed by atoms with Crippen LogP contribution in [0.5, 0.6) is 0 Å². The smallest absolute Gasteiger partial charge is 0.337 e. The highest BCUT2D eigenvalue weighted by atomic mass is 35.5. The predicted octanol–water partition coefficient (Wildman–Crippen LogP) is 7.89. The quantitative estimate of drug-likeness (QED) is 0.0255. The first-order valence-electron chi connectivity index (χ1n) is 19.3. The van der Waals surface area contributed by atoms with Crippen LogP contribution in [0.2, 0.25) is 5.02 Å². The van der Waals surface area contributed by atoms with Crippen LogP contribution in [-0.4, -0.2) is 84.6 Å². The first kappa shape index (κ1) is 46.2. The second kappa shape index (κ2) is 20.7. The Labute approximate surface area is 375 Å². The average molecular weight is 918 g/mol. The molecular weight excluding hydrogens is 882 g/mol. The van der Waals surface area contributed by atoms with Gasteiger partial charge in [-0.15, -0.1) is 10.2 Å². The number of aromatic carboxylic acids is 2. The fourth-order valence-corrected chi connectivity index (χ4v) is 7.09. The van der Waals surface area contributed by atoms with Crippen LogP contribution in [0.1, 0.15) is 52.5 Å². The molecule has 0 spiro atoms. The molecule has 23 heteroatoms. The maximum Gasteiger partial charge on any atom is 0.337 e. The van der Waals surface area contributed by atoms with Crippen molar-refractivity contribution in [1.82, 2.24) is 24.7 Å². The first-order chi connectivity index (χ1) is 31.1. The van der Waals surface area contributed by atoms with E-state index in [1.54, 1.807) is 53.4 Å². The van der Waals surface area contributed by atoms with Crippen molar-refractivity contribution in [1.29, 1.82) is 10.5 Å². The third-order valence-electron chi connectivity index (χ3n) is 9.21. The van der Waals surface area contributed by atoms with Crippen molar-refractivity contribution >= 4 is 85.7 Å². The highest BCUT2D eigenvalue weighted by Gasteiger charge is 2.25. The number of azo groups is 1. The second-order valence-corrected chi connectivity index (χ2v) is 15.7. The number of hydrogen-bond acceptors (Lipinski definition) is 16. The average Bonchev–Trinajstić information content (AvgIpc) is 3.63. The van der Waals surface area contributed by atoms with Gasteiger partial charge in [0.25, 0.3) is 16.1 Å². The summed E-state index contributed by atoms with van der Waals surface area (Å²) in [5.41, 5.74) is 0.911. The van der Waals surface area contributed by atoms with Gasteiger partial charge in [0.2, 0.25) is 17.8 Å². The van der Waals surface area contributed by atoms with E-state index in [9.17, 15) is 48.1 Å². The first-order valence-corrected chi connectivity index (χ1v) is 21.3. The number of benzene rings is 4. The van der Waals surface area contributed by atoms with E-state index >= 15 is 0 Å². The van der Waals surface area contributed by atoms with Gasteiger partial charge >= 0.3 is 11.9 Å². The van der Waals surface area contributed by atoms with Gasteiger partial charge < -0.3 is 31.1 Å². The van der Waals surface area contributed by atoms with Crippen LogP contribution >= 0.6 is 11.6 Å². The molecule has 0 unspecified atom stereocenters. The van der Waals surface area contributed by atoms with Crippen LogP contribution in [0, 0.1) is 22.7 Å². The van der Waals surface area contributed by atoms with Crippen LogP contribution in [0.3, 0.4) is 0 Å². The Morgan fingerprint density at radius 1 is 0.815 bits per heavy atom. The number of carbonyl (C=O) groups excluding carboxylic acids is 1. The number of amides is 1. The van der Waals surface area contributed by atoms with Gasteiger partial charge in [-0.25, -0.2) is 9.59 Å². The summed E-state index contributed by atoms with van der Waals surface area (Å²) in [6.45, 7) is 1.83. The summed E-state index contributed by atoms with van der Waals surface area (Å²) in [4.78, 5) is 52.0. The van der Waals surface area contributed by atoms with Crippen molar-refractivity contribution in [2.75, 3.05) is 39.7 Å². The molecule has 21 nitrogen and oxygen atoms in total. The fraction of sp³-hybridized carbons (Fsp3) is 0.167. The molecule has 6 rings (SSSR count). The molecule has 4 aromatic carbocycles. The predicted molar refractivity (Wildman–Crippen MR) is 238 cm³/mol. The molecule has 1 amide bonds. The van der Waals surface area contributed by atoms with E-state index in [1.165, 1.54) is 49.4 Å². The number of carboxylic acid groups (broad SMARTS) is 2. The number of nitrogens with zero attached hydrogens (tertiary/aromatic N) is 10. The highest BCUT2D eigenvalue weighted by Crippen LogP contribution is 2.38. The van der Waals surface area contributed by atoms with Crippen LogP contribution in [0.25, 0.3) is 17.2 Å². The maximum absolute atomic E-state index is 12.5. The summed E-state index contributed by atoms with van der Waals surface area (Å²) in [5.74, 6) is -4.46. The Morgan fingerprint density at radius 3 is 2.00 bits per heavy atom. The fourth-order valence-electron chi connectivity index (χ4n) is 6.30. The number of nitriles is 2. The van der Waals surface area contributed by atoms with E-state index in [0.29, 0.717) is 24.2 Å². The summed E-state index contributed by atoms with van der Waals surface area (Å²) < 4.78 is 32.8. The van der Waals surface area contributed by atoms with Crippen LogP contribution in [0.15, 0.2) is 101 Å². The van der Waals surface area contributed by atoms with E-state index in [2.05, 4.69) is 58.4 Å². The normalized spacial score (nSPS) is 11.1. The second-order valence-electron chi connectivity index (χ2n) is 13.8. The van der Waals surface area contributed by atoms with E-state index in [0.717, 1.165) is 4.68 Å². The van der Waals surface area contributed by atoms with E-state index in [4.69, 9.17) is 11.6 Å². The van der Waals surface area contributed by atoms with Gasteiger partial charge in [0, 0.05) is 31.3 Å². The lowest BCUT2D eigenvalue weighted by Crippen LogP contribution is -2.26. The molecule has 0 saturated carbocycles. The Hall–Kier alpha value is -8.31. The third kappa shape index (κ3) is 11.8. The van der Waals surface area contributed by atoms with Gasteiger partial charge in [-0.1, -0.05) is 54.1 Å². The molecule has 2 heterocycles. The molecule has 6 aromatic rings. The summed E-state index contributed by atoms with van der Waals surface area (Å²) in [6, 6.07) is 27.4.